The number of hydrogen-bond acceptors (Lipinski definition) is 4. The maximum absolute atomic E-state index is 12.6. The van der Waals surface area contributed by atoms with E-state index in [9.17, 15) is 18.3 Å². The van der Waals surface area contributed by atoms with Crippen LogP contribution in [0.5, 0.6) is 5.75 Å². The molecule has 0 radical (unpaired) electrons. The topological polar surface area (TPSA) is 108 Å². The second-order valence-corrected chi connectivity index (χ2v) is 7.20. The maximum Gasteiger partial charge on any atom is 0.339 e. The molecule has 1 heterocycles. The number of sulfonamides is 1. The van der Waals surface area contributed by atoms with Crippen LogP contribution in [0.4, 0.5) is 5.69 Å². The second-order valence-electron chi connectivity index (χ2n) is 5.14. The van der Waals surface area contributed by atoms with Crippen molar-refractivity contribution < 1.29 is 23.1 Å². The maximum atomic E-state index is 12.6. The molecular weight excluding hydrogens is 368 g/mol. The number of rotatable bonds is 5. The van der Waals surface area contributed by atoms with Crippen molar-refractivity contribution in [3.63, 3.8) is 0 Å². The molecule has 130 valence electrons. The number of benzene rings is 2. The number of carboxylic acid groups (broad SMARTS) is 1. The Morgan fingerprint density at radius 2 is 2.00 bits per heavy atom. The lowest BCUT2D eigenvalue weighted by Gasteiger charge is -2.13. The van der Waals surface area contributed by atoms with Gasteiger partial charge >= 0.3 is 5.97 Å². The molecular formula is C16H13ClN2O5S. The molecule has 0 spiro atoms. The highest BCUT2D eigenvalue weighted by Crippen LogP contribution is 2.30. The van der Waals surface area contributed by atoms with Crippen LogP contribution in [0.2, 0.25) is 5.02 Å². The standard InChI is InChI=1S/C16H13ClN2O5S/c1-24-10-3-5-13(11(17)8-10)25(22,23)19-12-4-2-9-6-7-18-15(9)14(12)16(20)21/h2-8,18-19H,1H3,(H,20,21). The van der Waals surface area contributed by atoms with E-state index in [1.807, 2.05) is 0 Å². The molecule has 0 aliphatic heterocycles. The molecule has 3 N–H and O–H groups in total. The average Bonchev–Trinajstić information content (AvgIpc) is 3.01. The van der Waals surface area contributed by atoms with Crippen molar-refractivity contribution in [2.45, 2.75) is 4.90 Å². The number of fused-ring (bicyclic) bond motifs is 1. The SMILES string of the molecule is COc1ccc(S(=O)(=O)Nc2ccc3cc[nH]c3c2C(=O)O)c(Cl)c1. The van der Waals surface area contributed by atoms with Gasteiger partial charge in [0.25, 0.3) is 10.0 Å². The number of aromatic carboxylic acids is 1. The summed E-state index contributed by atoms with van der Waals surface area (Å²) >= 11 is 6.02. The number of ether oxygens (including phenoxy) is 1. The minimum absolute atomic E-state index is 0.0373. The number of hydrogen-bond donors (Lipinski definition) is 3. The molecule has 0 aliphatic carbocycles. The predicted octanol–water partition coefficient (Wildman–Crippen LogP) is 3.33. The fourth-order valence-corrected chi connectivity index (χ4v) is 4.07. The molecule has 0 saturated heterocycles. The van der Waals surface area contributed by atoms with Gasteiger partial charge in [-0.2, -0.15) is 0 Å². The monoisotopic (exact) mass is 380 g/mol. The molecule has 9 heteroatoms. The van der Waals surface area contributed by atoms with Gasteiger partial charge in [-0.1, -0.05) is 17.7 Å². The number of carboxylic acids is 1. The van der Waals surface area contributed by atoms with Crippen LogP contribution < -0.4 is 9.46 Å². The molecule has 0 unspecified atom stereocenters. The van der Waals surface area contributed by atoms with E-state index < -0.39 is 16.0 Å². The number of anilines is 1. The number of halogens is 1. The molecule has 0 fully saturated rings. The minimum atomic E-state index is -4.09. The Kier molecular flexibility index (Phi) is 4.32. The van der Waals surface area contributed by atoms with Gasteiger partial charge in [-0.05, 0) is 24.3 Å². The first-order valence-corrected chi connectivity index (χ1v) is 8.89. The van der Waals surface area contributed by atoms with E-state index in [0.717, 1.165) is 0 Å². The largest absolute Gasteiger partial charge is 0.497 e. The predicted molar refractivity (Wildman–Crippen MR) is 94.1 cm³/mol. The van der Waals surface area contributed by atoms with Crippen molar-refractivity contribution in [3.05, 3.63) is 53.2 Å². The number of aromatic amines is 1. The molecule has 1 aromatic heterocycles. The van der Waals surface area contributed by atoms with Gasteiger partial charge in [0.1, 0.15) is 16.2 Å². The van der Waals surface area contributed by atoms with Gasteiger partial charge in [-0.15, -0.1) is 0 Å². The molecule has 0 bridgehead atoms. The van der Waals surface area contributed by atoms with Gasteiger partial charge in [0.15, 0.2) is 0 Å². The lowest BCUT2D eigenvalue weighted by atomic mass is 10.1. The van der Waals surface area contributed by atoms with Crippen molar-refractivity contribution in [3.8, 4) is 5.75 Å². The van der Waals surface area contributed by atoms with Crippen LogP contribution in [-0.2, 0) is 10.0 Å². The lowest BCUT2D eigenvalue weighted by molar-refractivity contribution is 0.0700. The van der Waals surface area contributed by atoms with Crippen molar-refractivity contribution in [2.75, 3.05) is 11.8 Å². The molecule has 0 amide bonds. The Morgan fingerprint density at radius 3 is 2.64 bits per heavy atom. The molecule has 3 rings (SSSR count). The van der Waals surface area contributed by atoms with Crippen molar-refractivity contribution in [1.29, 1.82) is 0 Å². The van der Waals surface area contributed by atoms with E-state index in [4.69, 9.17) is 16.3 Å². The van der Waals surface area contributed by atoms with Gasteiger partial charge in [0.2, 0.25) is 0 Å². The summed E-state index contributed by atoms with van der Waals surface area (Å²) in [7, 11) is -2.66. The van der Waals surface area contributed by atoms with Crippen LogP contribution in [0.15, 0.2) is 47.5 Å². The van der Waals surface area contributed by atoms with Gasteiger partial charge in [0, 0.05) is 17.6 Å². The zero-order valence-electron chi connectivity index (χ0n) is 12.9. The third-order valence-corrected chi connectivity index (χ3v) is 5.46. The van der Waals surface area contributed by atoms with Gasteiger partial charge in [0.05, 0.1) is 23.3 Å². The van der Waals surface area contributed by atoms with Gasteiger partial charge in [-0.3, -0.25) is 4.72 Å². The zero-order chi connectivity index (χ0) is 18.2. The summed E-state index contributed by atoms with van der Waals surface area (Å²) in [4.78, 5) is 14.2. The highest BCUT2D eigenvalue weighted by molar-refractivity contribution is 7.92. The summed E-state index contributed by atoms with van der Waals surface area (Å²) < 4.78 is 32.5. The summed E-state index contributed by atoms with van der Waals surface area (Å²) in [6.07, 6.45) is 1.58. The summed E-state index contributed by atoms with van der Waals surface area (Å²) in [6, 6.07) is 8.81. The average molecular weight is 381 g/mol. The summed E-state index contributed by atoms with van der Waals surface area (Å²) in [5.74, 6) is -0.852. The van der Waals surface area contributed by atoms with Crippen LogP contribution in [0.25, 0.3) is 10.9 Å². The number of H-pyrrole nitrogens is 1. The third kappa shape index (κ3) is 3.13. The minimum Gasteiger partial charge on any atom is -0.497 e. The molecule has 0 saturated carbocycles. The molecule has 3 aromatic rings. The van der Waals surface area contributed by atoms with Crippen LogP contribution in [0, 0.1) is 0 Å². The van der Waals surface area contributed by atoms with E-state index in [1.54, 1.807) is 18.3 Å². The summed E-state index contributed by atoms with van der Waals surface area (Å²) in [5.41, 5.74) is 0.0959. The second kappa shape index (κ2) is 6.30. The van der Waals surface area contributed by atoms with E-state index in [1.165, 1.54) is 31.4 Å². The Morgan fingerprint density at radius 1 is 1.24 bits per heavy atom. The van der Waals surface area contributed by atoms with Crippen LogP contribution in [0.1, 0.15) is 10.4 Å². The van der Waals surface area contributed by atoms with Crippen LogP contribution in [-0.4, -0.2) is 31.6 Å². The molecule has 2 aromatic carbocycles. The van der Waals surface area contributed by atoms with E-state index in [0.29, 0.717) is 16.7 Å². The molecule has 7 nitrogen and oxygen atoms in total. The highest BCUT2D eigenvalue weighted by atomic mass is 35.5. The van der Waals surface area contributed by atoms with E-state index >= 15 is 0 Å². The fourth-order valence-electron chi connectivity index (χ4n) is 2.46. The smallest absolute Gasteiger partial charge is 0.339 e. The summed E-state index contributed by atoms with van der Waals surface area (Å²) in [6.45, 7) is 0. The van der Waals surface area contributed by atoms with Crippen LogP contribution in [0.3, 0.4) is 0 Å². The number of nitrogens with one attached hydrogen (secondary N) is 2. The number of methoxy groups -OCH3 is 1. The lowest BCUT2D eigenvalue weighted by Crippen LogP contribution is -2.16. The zero-order valence-corrected chi connectivity index (χ0v) is 14.5. The Bertz CT molecular complexity index is 1080. The Labute approximate surface area is 148 Å². The Hall–Kier alpha value is -2.71. The van der Waals surface area contributed by atoms with Crippen LogP contribution >= 0.6 is 11.6 Å². The summed E-state index contributed by atoms with van der Waals surface area (Å²) in [5, 5.41) is 10.1. The Balaban J connectivity index is 2.08. The first kappa shape index (κ1) is 17.1. The molecule has 25 heavy (non-hydrogen) atoms. The van der Waals surface area contributed by atoms with Crippen molar-refractivity contribution in [1.82, 2.24) is 4.98 Å². The van der Waals surface area contributed by atoms with Gasteiger partial charge in [-0.25, -0.2) is 13.2 Å². The van der Waals surface area contributed by atoms with E-state index in [2.05, 4.69) is 9.71 Å². The van der Waals surface area contributed by atoms with Crippen molar-refractivity contribution >= 4 is 44.2 Å². The first-order valence-electron chi connectivity index (χ1n) is 7.03. The number of aromatic nitrogens is 1. The van der Waals surface area contributed by atoms with Crippen molar-refractivity contribution in [2.24, 2.45) is 0 Å². The van der Waals surface area contributed by atoms with Gasteiger partial charge < -0.3 is 14.8 Å². The first-order chi connectivity index (χ1) is 11.8. The molecule has 0 atom stereocenters. The quantitative estimate of drug-likeness (QED) is 0.629. The highest BCUT2D eigenvalue weighted by Gasteiger charge is 2.23. The number of carbonyl (C=O) groups is 1. The molecule has 0 aliphatic rings. The third-order valence-electron chi connectivity index (χ3n) is 3.61. The normalized spacial score (nSPS) is 11.4. The van der Waals surface area contributed by atoms with E-state index in [-0.39, 0.29) is 21.2 Å². The fraction of sp³-hybridized carbons (Fsp3) is 0.0625.